The van der Waals surface area contributed by atoms with E-state index in [9.17, 15) is 9.00 Å². The highest BCUT2D eigenvalue weighted by atomic mass is 32.3. The van der Waals surface area contributed by atoms with Crippen molar-refractivity contribution < 1.29 is 9.00 Å². The number of benzene rings is 1. The van der Waals surface area contributed by atoms with E-state index in [1.807, 2.05) is 26.0 Å². The van der Waals surface area contributed by atoms with Crippen LogP contribution < -0.4 is 14.8 Å². The van der Waals surface area contributed by atoms with Crippen LogP contribution in [0.25, 0.3) is 0 Å². The number of nitrogens with two attached hydrogens (primary N) is 1. The molecule has 0 atom stereocenters. The Morgan fingerprint density at radius 3 is 1.92 bits per heavy atom. The summed E-state index contributed by atoms with van der Waals surface area (Å²) in [4.78, 5) is 12.6. The SMILES string of the molecule is CNC(=O)C(C)(C)c1ccc([SH](N)(=O)N[Si](C)(C)C(C)(C)C)cc1. The van der Waals surface area contributed by atoms with Gasteiger partial charge in [0.25, 0.3) is 0 Å². The standard InChI is InChI=1S/C17H33N3O2SSi/c1-16(2,3)24(7,8)20-23(18,22)14-11-9-13(10-12-14)17(4,5)15(21)19-6/h9-12,23H,1-8H3,(H,19,21)(H3,18,20,22). The quantitative estimate of drug-likeness (QED) is 0.473. The molecule has 7 heteroatoms. The smallest absolute Gasteiger partial charge is 0.229 e. The van der Waals surface area contributed by atoms with Crippen LogP contribution in [0.15, 0.2) is 29.2 Å². The first kappa shape index (κ1) is 21.0. The highest BCUT2D eigenvalue weighted by Crippen LogP contribution is 2.35. The third kappa shape index (κ3) is 4.33. The number of hydrogen-bond donors (Lipinski definition) is 4. The Morgan fingerprint density at radius 2 is 1.54 bits per heavy atom. The average Bonchev–Trinajstić information content (AvgIpc) is 2.44. The van der Waals surface area contributed by atoms with E-state index in [0.717, 1.165) is 5.56 Å². The molecule has 1 aromatic rings. The van der Waals surface area contributed by atoms with E-state index in [1.165, 1.54) is 0 Å². The van der Waals surface area contributed by atoms with E-state index < -0.39 is 24.0 Å². The molecule has 0 bridgehead atoms. The minimum absolute atomic E-state index is 0.0309. The zero-order valence-corrected chi connectivity index (χ0v) is 18.0. The molecule has 138 valence electrons. The van der Waals surface area contributed by atoms with Gasteiger partial charge in [-0.15, -0.1) is 0 Å². The fourth-order valence-corrected chi connectivity index (χ4v) is 7.96. The summed E-state index contributed by atoms with van der Waals surface area (Å²) in [7, 11) is -3.53. The predicted octanol–water partition coefficient (Wildman–Crippen LogP) is 2.47. The second-order valence-corrected chi connectivity index (χ2v) is 15.9. The Kier molecular flexibility index (Phi) is 5.87. The van der Waals surface area contributed by atoms with Crippen LogP contribution in [-0.4, -0.2) is 25.4 Å². The Labute approximate surface area is 148 Å². The van der Waals surface area contributed by atoms with Gasteiger partial charge >= 0.3 is 0 Å². The zero-order chi connectivity index (χ0) is 19.0. The van der Waals surface area contributed by atoms with Crippen LogP contribution >= 0.6 is 0 Å². The minimum Gasteiger partial charge on any atom is -0.358 e. The third-order valence-electron chi connectivity index (χ3n) is 5.09. The Morgan fingerprint density at radius 1 is 1.08 bits per heavy atom. The number of amides is 1. The van der Waals surface area contributed by atoms with E-state index in [0.29, 0.717) is 4.90 Å². The average molecular weight is 372 g/mol. The molecule has 0 aliphatic rings. The van der Waals surface area contributed by atoms with E-state index in [1.54, 1.807) is 19.2 Å². The van der Waals surface area contributed by atoms with Gasteiger partial charge in [-0.1, -0.05) is 46.0 Å². The lowest BCUT2D eigenvalue weighted by molar-refractivity contribution is -0.125. The van der Waals surface area contributed by atoms with Crippen molar-refractivity contribution in [1.29, 1.82) is 0 Å². The van der Waals surface area contributed by atoms with Gasteiger partial charge in [0, 0.05) is 22.2 Å². The van der Waals surface area contributed by atoms with Gasteiger partial charge < -0.3 is 5.32 Å². The van der Waals surface area contributed by atoms with Gasteiger partial charge in [0.1, 0.15) is 8.24 Å². The van der Waals surface area contributed by atoms with Gasteiger partial charge in [0.2, 0.25) is 5.91 Å². The maximum atomic E-state index is 13.1. The summed E-state index contributed by atoms with van der Waals surface area (Å²) in [5.41, 5.74) is 0.205. The van der Waals surface area contributed by atoms with E-state index in [2.05, 4.69) is 43.6 Å². The molecule has 0 spiro atoms. The Bertz CT molecular complexity index is 649. The van der Waals surface area contributed by atoms with Crippen LogP contribution in [0, 0.1) is 0 Å². The van der Waals surface area contributed by atoms with E-state index in [4.69, 9.17) is 5.14 Å². The number of carbonyl (C=O) groups excluding carboxylic acids is 1. The van der Waals surface area contributed by atoms with E-state index >= 15 is 0 Å². The van der Waals surface area contributed by atoms with Crippen LogP contribution in [0.4, 0.5) is 0 Å². The van der Waals surface area contributed by atoms with Gasteiger partial charge in [0.15, 0.2) is 0 Å². The molecule has 0 aromatic heterocycles. The summed E-state index contributed by atoms with van der Waals surface area (Å²) in [6, 6.07) is 7.19. The topological polar surface area (TPSA) is 84.2 Å². The number of rotatable bonds is 5. The van der Waals surface area contributed by atoms with Crippen molar-refractivity contribution >= 4 is 24.4 Å². The van der Waals surface area contributed by atoms with Gasteiger partial charge in [-0.05, 0) is 36.6 Å². The molecule has 0 fully saturated rings. The van der Waals surface area contributed by atoms with Gasteiger partial charge in [0.05, 0.1) is 5.41 Å². The van der Waals surface area contributed by atoms with Crippen LogP contribution in [0.5, 0.6) is 0 Å². The molecule has 0 radical (unpaired) electrons. The second-order valence-electron chi connectivity index (χ2n) is 8.40. The number of carbonyl (C=O) groups is 1. The zero-order valence-electron chi connectivity index (χ0n) is 16.2. The molecule has 0 aliphatic carbocycles. The van der Waals surface area contributed by atoms with Gasteiger partial charge in [-0.25, -0.2) is 0 Å². The summed E-state index contributed by atoms with van der Waals surface area (Å²) >= 11 is 0. The van der Waals surface area contributed by atoms with E-state index in [-0.39, 0.29) is 10.9 Å². The fraction of sp³-hybridized carbons (Fsp3) is 0.588. The highest BCUT2D eigenvalue weighted by Gasteiger charge is 2.38. The maximum absolute atomic E-state index is 13.1. The minimum atomic E-state index is -3.15. The van der Waals surface area contributed by atoms with Crippen molar-refractivity contribution in [3.8, 4) is 0 Å². The maximum Gasteiger partial charge on any atom is 0.229 e. The molecule has 4 N–H and O–H groups in total. The third-order valence-corrected chi connectivity index (χ3v) is 13.5. The monoisotopic (exact) mass is 371 g/mol. The Balaban J connectivity index is 3.12. The molecule has 0 aliphatic heterocycles. The van der Waals surface area contributed by atoms with Crippen molar-refractivity contribution in [3.05, 3.63) is 29.8 Å². The summed E-state index contributed by atoms with van der Waals surface area (Å²) in [5.74, 6) is -0.0643. The molecule has 24 heavy (non-hydrogen) atoms. The predicted molar refractivity (Wildman–Crippen MR) is 106 cm³/mol. The van der Waals surface area contributed by atoms with Crippen molar-refractivity contribution in [2.24, 2.45) is 5.14 Å². The lowest BCUT2D eigenvalue weighted by Gasteiger charge is -2.41. The normalized spacial score (nSPS) is 14.4. The van der Waals surface area contributed by atoms with Crippen LogP contribution in [0.3, 0.4) is 0 Å². The van der Waals surface area contributed by atoms with Gasteiger partial charge in [-0.3, -0.25) is 18.5 Å². The van der Waals surface area contributed by atoms with Gasteiger partial charge in [-0.2, -0.15) is 0 Å². The van der Waals surface area contributed by atoms with Crippen molar-refractivity contribution in [3.63, 3.8) is 0 Å². The molecule has 1 aromatic carbocycles. The second kappa shape index (κ2) is 6.71. The van der Waals surface area contributed by atoms with Crippen molar-refractivity contribution in [2.75, 3.05) is 7.05 Å². The van der Waals surface area contributed by atoms with Crippen LogP contribution in [0.2, 0.25) is 18.1 Å². The summed E-state index contributed by atoms with van der Waals surface area (Å²) in [6.45, 7) is 14.4. The van der Waals surface area contributed by atoms with Crippen molar-refractivity contribution in [1.82, 2.24) is 9.70 Å². The molecule has 1 amide bonds. The largest absolute Gasteiger partial charge is 0.358 e. The lowest BCUT2D eigenvalue weighted by atomic mass is 9.84. The lowest BCUT2D eigenvalue weighted by Crippen LogP contribution is -2.59. The van der Waals surface area contributed by atoms with Crippen molar-refractivity contribution in [2.45, 2.75) is 63.1 Å². The molecule has 0 unspecified atom stereocenters. The first-order chi connectivity index (χ1) is 10.6. The van der Waals surface area contributed by atoms with Crippen LogP contribution in [-0.2, 0) is 20.5 Å². The number of likely N-dealkylation sites (N-methyl/N-ethyl adjacent to an activating group) is 1. The van der Waals surface area contributed by atoms with Crippen LogP contribution in [0.1, 0.15) is 40.2 Å². The summed E-state index contributed by atoms with van der Waals surface area (Å²) in [5, 5.41) is 8.87. The number of nitrogens with one attached hydrogen (secondary N) is 2. The molecule has 0 heterocycles. The fourth-order valence-electron chi connectivity index (χ4n) is 2.19. The molecule has 0 saturated carbocycles. The Hall–Kier alpha value is -1.02. The first-order valence-electron chi connectivity index (χ1n) is 8.16. The number of hydrogen-bond acceptors (Lipinski definition) is 2. The molecular weight excluding hydrogens is 338 g/mol. The summed E-state index contributed by atoms with van der Waals surface area (Å²) in [6.07, 6.45) is 0. The molecule has 0 saturated heterocycles. The first-order valence-corrected chi connectivity index (χ1v) is 12.9. The molecule has 5 nitrogen and oxygen atoms in total. The number of thiol groups is 1. The highest BCUT2D eigenvalue weighted by molar-refractivity contribution is 8.00. The summed E-state index contributed by atoms with van der Waals surface area (Å²) < 4.78 is 16.3. The molecular formula is C17H33N3O2SSi. The molecule has 1 rings (SSSR count).